The second-order valence-corrected chi connectivity index (χ2v) is 3.82. The van der Waals surface area contributed by atoms with E-state index in [-0.39, 0.29) is 11.7 Å². The van der Waals surface area contributed by atoms with Crippen LogP contribution in [0.15, 0.2) is 18.5 Å². The molecule has 5 heteroatoms. The third-order valence-electron chi connectivity index (χ3n) is 2.22. The number of nitrogens with zero attached hydrogens (tertiary/aromatic N) is 2. The van der Waals surface area contributed by atoms with Crippen molar-refractivity contribution < 1.29 is 9.59 Å². The van der Waals surface area contributed by atoms with Crippen LogP contribution in [-0.4, -0.2) is 28.2 Å². The second-order valence-electron chi connectivity index (χ2n) is 3.82. The summed E-state index contributed by atoms with van der Waals surface area (Å²) in [4.78, 5) is 30.1. The summed E-state index contributed by atoms with van der Waals surface area (Å²) in [6, 6.07) is 1.75. The maximum atomic E-state index is 11.4. The van der Waals surface area contributed by atoms with Crippen molar-refractivity contribution in [1.82, 2.24) is 15.3 Å². The average Bonchev–Trinajstić information content (AvgIpc) is 2.30. The first-order valence-corrected chi connectivity index (χ1v) is 5.70. The molecule has 0 aliphatic rings. The van der Waals surface area contributed by atoms with E-state index in [9.17, 15) is 9.59 Å². The van der Waals surface area contributed by atoms with Gasteiger partial charge in [0, 0.05) is 38.2 Å². The van der Waals surface area contributed by atoms with Gasteiger partial charge in [0.05, 0.1) is 0 Å². The van der Waals surface area contributed by atoms with E-state index >= 15 is 0 Å². The highest BCUT2D eigenvalue weighted by Crippen LogP contribution is 1.96. The van der Waals surface area contributed by atoms with Crippen LogP contribution < -0.4 is 5.32 Å². The summed E-state index contributed by atoms with van der Waals surface area (Å²) < 4.78 is 0. The number of nitrogens with one attached hydrogen (secondary N) is 1. The first kappa shape index (κ1) is 13.3. The molecule has 0 aliphatic carbocycles. The number of amides is 1. The maximum absolute atomic E-state index is 11.4. The Bertz CT molecular complexity index is 365. The molecular weight excluding hydrogens is 218 g/mol. The van der Waals surface area contributed by atoms with Crippen LogP contribution in [0, 0.1) is 0 Å². The van der Waals surface area contributed by atoms with Gasteiger partial charge in [-0.25, -0.2) is 9.97 Å². The molecule has 0 unspecified atom stereocenters. The molecule has 0 radical (unpaired) electrons. The standard InChI is InChI=1S/C12H17N3O2/c1-10(16)4-2-5-12(17)15-9-6-11-13-7-3-8-14-11/h3,7-8H,2,4-6,9H2,1H3,(H,15,17). The van der Waals surface area contributed by atoms with Gasteiger partial charge in [-0.05, 0) is 19.4 Å². The molecule has 1 amide bonds. The van der Waals surface area contributed by atoms with E-state index in [0.717, 1.165) is 5.82 Å². The zero-order valence-electron chi connectivity index (χ0n) is 9.98. The lowest BCUT2D eigenvalue weighted by Gasteiger charge is -2.03. The number of ketones is 1. The van der Waals surface area contributed by atoms with Crippen molar-refractivity contribution in [3.05, 3.63) is 24.3 Å². The summed E-state index contributed by atoms with van der Waals surface area (Å²) in [5.74, 6) is 0.814. The molecule has 5 nitrogen and oxygen atoms in total. The molecule has 92 valence electrons. The van der Waals surface area contributed by atoms with Crippen LogP contribution in [0.5, 0.6) is 0 Å². The van der Waals surface area contributed by atoms with E-state index in [1.165, 1.54) is 6.92 Å². The molecule has 17 heavy (non-hydrogen) atoms. The first-order valence-electron chi connectivity index (χ1n) is 5.70. The molecule has 0 aromatic carbocycles. The molecule has 0 saturated heterocycles. The number of carbonyl (C=O) groups excluding carboxylic acids is 2. The largest absolute Gasteiger partial charge is 0.356 e. The number of hydrogen-bond acceptors (Lipinski definition) is 4. The number of Topliss-reactive ketones (excluding diaryl/α,β-unsaturated/α-hetero) is 1. The van der Waals surface area contributed by atoms with Crippen LogP contribution in [0.1, 0.15) is 32.0 Å². The normalized spacial score (nSPS) is 9.94. The van der Waals surface area contributed by atoms with E-state index in [2.05, 4.69) is 15.3 Å². The summed E-state index contributed by atoms with van der Waals surface area (Å²) in [6.45, 7) is 2.06. The Morgan fingerprint density at radius 2 is 1.94 bits per heavy atom. The lowest BCUT2D eigenvalue weighted by atomic mass is 10.2. The first-order chi connectivity index (χ1) is 8.18. The molecular formula is C12H17N3O2. The molecule has 1 aromatic rings. The summed E-state index contributed by atoms with van der Waals surface area (Å²) in [6.07, 6.45) is 5.46. The minimum Gasteiger partial charge on any atom is -0.356 e. The predicted molar refractivity (Wildman–Crippen MR) is 63.3 cm³/mol. The van der Waals surface area contributed by atoms with E-state index in [1.807, 2.05) is 0 Å². The van der Waals surface area contributed by atoms with Crippen molar-refractivity contribution in [3.63, 3.8) is 0 Å². The highest BCUT2D eigenvalue weighted by molar-refractivity contribution is 5.78. The molecule has 1 aromatic heterocycles. The Morgan fingerprint density at radius 1 is 1.24 bits per heavy atom. The lowest BCUT2D eigenvalue weighted by molar-refractivity contribution is -0.121. The molecule has 0 fully saturated rings. The summed E-state index contributed by atoms with van der Waals surface area (Å²) in [5, 5.41) is 2.77. The smallest absolute Gasteiger partial charge is 0.220 e. The number of rotatable bonds is 7. The van der Waals surface area contributed by atoms with Crippen molar-refractivity contribution in [3.8, 4) is 0 Å². The average molecular weight is 235 g/mol. The van der Waals surface area contributed by atoms with Gasteiger partial charge in [0.25, 0.3) is 0 Å². The number of hydrogen-bond donors (Lipinski definition) is 1. The molecule has 0 atom stereocenters. The Labute approximate surface area is 101 Å². The van der Waals surface area contributed by atoms with Crippen LogP contribution in [0.2, 0.25) is 0 Å². The molecule has 1 heterocycles. The SMILES string of the molecule is CC(=O)CCCC(=O)NCCc1ncccn1. The predicted octanol–water partition coefficient (Wildman–Crippen LogP) is 0.895. The van der Waals surface area contributed by atoms with Gasteiger partial charge in [-0.15, -0.1) is 0 Å². The van der Waals surface area contributed by atoms with Gasteiger partial charge in [0.2, 0.25) is 5.91 Å². The van der Waals surface area contributed by atoms with Gasteiger partial charge >= 0.3 is 0 Å². The zero-order chi connectivity index (χ0) is 12.5. The summed E-state index contributed by atoms with van der Waals surface area (Å²) >= 11 is 0. The molecule has 1 rings (SSSR count). The van der Waals surface area contributed by atoms with Gasteiger partial charge in [-0.3, -0.25) is 4.79 Å². The molecule has 0 aliphatic heterocycles. The molecule has 0 saturated carbocycles. The fraction of sp³-hybridized carbons (Fsp3) is 0.500. The quantitative estimate of drug-likeness (QED) is 0.762. The van der Waals surface area contributed by atoms with Crippen molar-refractivity contribution in [2.24, 2.45) is 0 Å². The van der Waals surface area contributed by atoms with E-state index < -0.39 is 0 Å². The molecule has 0 spiro atoms. The number of aromatic nitrogens is 2. The molecule has 0 bridgehead atoms. The fourth-order valence-electron chi connectivity index (χ4n) is 1.36. The highest BCUT2D eigenvalue weighted by atomic mass is 16.1. The van der Waals surface area contributed by atoms with Gasteiger partial charge in [0.15, 0.2) is 0 Å². The Morgan fingerprint density at radius 3 is 2.59 bits per heavy atom. The van der Waals surface area contributed by atoms with E-state index in [4.69, 9.17) is 0 Å². The van der Waals surface area contributed by atoms with Crippen molar-refractivity contribution in [2.75, 3.05) is 6.54 Å². The van der Waals surface area contributed by atoms with Crippen LogP contribution in [0.3, 0.4) is 0 Å². The Hall–Kier alpha value is -1.78. The topological polar surface area (TPSA) is 72.0 Å². The summed E-state index contributed by atoms with van der Waals surface area (Å²) in [7, 11) is 0. The fourth-order valence-corrected chi connectivity index (χ4v) is 1.36. The third kappa shape index (κ3) is 6.40. The maximum Gasteiger partial charge on any atom is 0.220 e. The highest BCUT2D eigenvalue weighted by Gasteiger charge is 2.02. The van der Waals surface area contributed by atoms with Gasteiger partial charge in [0.1, 0.15) is 11.6 Å². The monoisotopic (exact) mass is 235 g/mol. The molecule has 1 N–H and O–H groups in total. The van der Waals surface area contributed by atoms with Crippen molar-refractivity contribution in [2.45, 2.75) is 32.6 Å². The minimum atomic E-state index is -0.0258. The van der Waals surface area contributed by atoms with E-state index in [0.29, 0.717) is 32.2 Å². The second kappa shape index (κ2) is 7.49. The summed E-state index contributed by atoms with van der Waals surface area (Å²) in [5.41, 5.74) is 0. The zero-order valence-corrected chi connectivity index (χ0v) is 9.98. The van der Waals surface area contributed by atoms with Crippen LogP contribution >= 0.6 is 0 Å². The van der Waals surface area contributed by atoms with Crippen LogP contribution in [0.4, 0.5) is 0 Å². The minimum absolute atomic E-state index is 0.0258. The van der Waals surface area contributed by atoms with E-state index in [1.54, 1.807) is 18.5 Å². The lowest BCUT2D eigenvalue weighted by Crippen LogP contribution is -2.25. The van der Waals surface area contributed by atoms with Crippen LogP contribution in [0.25, 0.3) is 0 Å². The van der Waals surface area contributed by atoms with Crippen molar-refractivity contribution in [1.29, 1.82) is 0 Å². The third-order valence-corrected chi connectivity index (χ3v) is 2.22. The van der Waals surface area contributed by atoms with Crippen molar-refractivity contribution >= 4 is 11.7 Å². The number of carbonyl (C=O) groups is 2. The Balaban J connectivity index is 2.10. The Kier molecular flexibility index (Phi) is 5.85. The van der Waals surface area contributed by atoms with Gasteiger partial charge in [-0.2, -0.15) is 0 Å². The van der Waals surface area contributed by atoms with Crippen LogP contribution in [-0.2, 0) is 16.0 Å². The van der Waals surface area contributed by atoms with Gasteiger partial charge < -0.3 is 10.1 Å². The van der Waals surface area contributed by atoms with Gasteiger partial charge in [-0.1, -0.05) is 0 Å².